The van der Waals surface area contributed by atoms with Crippen molar-refractivity contribution in [3.63, 3.8) is 0 Å². The average molecular weight is 248 g/mol. The Labute approximate surface area is 108 Å². The van der Waals surface area contributed by atoms with Crippen LogP contribution in [0.5, 0.6) is 0 Å². The van der Waals surface area contributed by atoms with E-state index in [2.05, 4.69) is 0 Å². The van der Waals surface area contributed by atoms with Crippen molar-refractivity contribution >= 4 is 5.91 Å². The van der Waals surface area contributed by atoms with E-state index in [1.807, 2.05) is 44.2 Å². The molecule has 1 fully saturated rings. The van der Waals surface area contributed by atoms with Crippen LogP contribution in [0.3, 0.4) is 0 Å². The topological polar surface area (TPSA) is 55.6 Å². The molecule has 4 nitrogen and oxygen atoms in total. The van der Waals surface area contributed by atoms with Crippen LogP contribution in [0.25, 0.3) is 0 Å². The molecule has 0 aliphatic carbocycles. The first kappa shape index (κ1) is 13.1. The fourth-order valence-electron chi connectivity index (χ4n) is 2.36. The number of nitrogens with two attached hydrogens (primary N) is 1. The number of amides is 1. The molecule has 0 spiro atoms. The van der Waals surface area contributed by atoms with Gasteiger partial charge in [0.2, 0.25) is 5.91 Å². The number of morpholine rings is 1. The van der Waals surface area contributed by atoms with Gasteiger partial charge >= 0.3 is 0 Å². The van der Waals surface area contributed by atoms with E-state index in [0.717, 1.165) is 5.56 Å². The second kappa shape index (κ2) is 5.50. The van der Waals surface area contributed by atoms with Gasteiger partial charge in [0.15, 0.2) is 0 Å². The minimum atomic E-state index is -0.580. The summed E-state index contributed by atoms with van der Waals surface area (Å²) in [6.45, 7) is 5.18. The SMILES string of the molecule is CC1CN(C(=O)C(N)c2ccccc2)CC(C)O1. The molecule has 1 heterocycles. The third-order valence-electron chi connectivity index (χ3n) is 3.16. The number of ether oxygens (including phenoxy) is 1. The molecule has 18 heavy (non-hydrogen) atoms. The highest BCUT2D eigenvalue weighted by molar-refractivity contribution is 5.83. The summed E-state index contributed by atoms with van der Waals surface area (Å²) in [5.74, 6) is -0.0248. The van der Waals surface area contributed by atoms with Gasteiger partial charge in [-0.05, 0) is 19.4 Å². The summed E-state index contributed by atoms with van der Waals surface area (Å²) in [6, 6.07) is 8.90. The van der Waals surface area contributed by atoms with Crippen LogP contribution in [0.15, 0.2) is 30.3 Å². The second-order valence-corrected chi connectivity index (χ2v) is 4.89. The Bertz CT molecular complexity index is 398. The monoisotopic (exact) mass is 248 g/mol. The van der Waals surface area contributed by atoms with Crippen LogP contribution < -0.4 is 5.73 Å². The summed E-state index contributed by atoms with van der Waals surface area (Å²) < 4.78 is 5.62. The maximum atomic E-state index is 12.3. The maximum Gasteiger partial charge on any atom is 0.244 e. The van der Waals surface area contributed by atoms with Crippen molar-refractivity contribution in [1.82, 2.24) is 4.90 Å². The van der Waals surface area contributed by atoms with Gasteiger partial charge < -0.3 is 15.4 Å². The summed E-state index contributed by atoms with van der Waals surface area (Å²) in [6.07, 6.45) is 0.140. The smallest absolute Gasteiger partial charge is 0.244 e. The van der Waals surface area contributed by atoms with Crippen molar-refractivity contribution in [1.29, 1.82) is 0 Å². The van der Waals surface area contributed by atoms with Crippen molar-refractivity contribution in [2.24, 2.45) is 5.73 Å². The van der Waals surface area contributed by atoms with Gasteiger partial charge in [-0.3, -0.25) is 4.79 Å². The minimum absolute atomic E-state index is 0.0248. The lowest BCUT2D eigenvalue weighted by Gasteiger charge is -2.36. The molecule has 3 atom stereocenters. The van der Waals surface area contributed by atoms with Gasteiger partial charge in [0, 0.05) is 13.1 Å². The fraction of sp³-hybridized carbons (Fsp3) is 0.500. The lowest BCUT2D eigenvalue weighted by molar-refractivity contribution is -0.144. The Balaban J connectivity index is 2.07. The zero-order chi connectivity index (χ0) is 13.1. The van der Waals surface area contributed by atoms with E-state index in [1.54, 1.807) is 4.90 Å². The van der Waals surface area contributed by atoms with Crippen molar-refractivity contribution in [2.75, 3.05) is 13.1 Å². The van der Waals surface area contributed by atoms with Gasteiger partial charge in [-0.15, -0.1) is 0 Å². The molecule has 1 saturated heterocycles. The molecule has 2 rings (SSSR count). The van der Waals surface area contributed by atoms with E-state index >= 15 is 0 Å². The molecule has 98 valence electrons. The lowest BCUT2D eigenvalue weighted by atomic mass is 10.1. The average Bonchev–Trinajstić information content (AvgIpc) is 2.37. The molecule has 1 amide bonds. The Hall–Kier alpha value is -1.39. The van der Waals surface area contributed by atoms with E-state index in [-0.39, 0.29) is 18.1 Å². The summed E-state index contributed by atoms with van der Waals surface area (Å²) in [5, 5.41) is 0. The normalized spacial score (nSPS) is 25.8. The first-order valence-corrected chi connectivity index (χ1v) is 6.32. The van der Waals surface area contributed by atoms with Gasteiger partial charge in [0.05, 0.1) is 12.2 Å². The number of carbonyl (C=O) groups is 1. The Morgan fingerprint density at radius 3 is 2.39 bits per heavy atom. The lowest BCUT2D eigenvalue weighted by Crippen LogP contribution is -2.50. The fourth-order valence-corrected chi connectivity index (χ4v) is 2.36. The van der Waals surface area contributed by atoms with Crippen molar-refractivity contribution < 1.29 is 9.53 Å². The molecule has 2 N–H and O–H groups in total. The molecule has 1 aliphatic rings. The molecule has 1 aromatic carbocycles. The number of benzene rings is 1. The minimum Gasteiger partial charge on any atom is -0.372 e. The zero-order valence-corrected chi connectivity index (χ0v) is 10.9. The molecular formula is C14H20N2O2. The van der Waals surface area contributed by atoms with Crippen molar-refractivity contribution in [2.45, 2.75) is 32.1 Å². The van der Waals surface area contributed by atoms with Gasteiger partial charge in [0.25, 0.3) is 0 Å². The molecule has 0 radical (unpaired) electrons. The Morgan fingerprint density at radius 2 is 1.83 bits per heavy atom. The Kier molecular flexibility index (Phi) is 3.99. The van der Waals surface area contributed by atoms with Gasteiger partial charge in [0.1, 0.15) is 6.04 Å². The molecule has 1 aromatic rings. The standard InChI is InChI=1S/C14H20N2O2/c1-10-8-16(9-11(2)18-10)14(17)13(15)12-6-4-3-5-7-12/h3-7,10-11,13H,8-9,15H2,1-2H3. The molecule has 0 aromatic heterocycles. The number of hydrogen-bond acceptors (Lipinski definition) is 3. The first-order valence-electron chi connectivity index (χ1n) is 6.32. The maximum absolute atomic E-state index is 12.3. The molecule has 1 aliphatic heterocycles. The quantitative estimate of drug-likeness (QED) is 0.859. The summed E-state index contributed by atoms with van der Waals surface area (Å²) in [5.41, 5.74) is 6.88. The predicted molar refractivity (Wildman–Crippen MR) is 70.0 cm³/mol. The van der Waals surface area contributed by atoms with E-state index in [0.29, 0.717) is 13.1 Å². The van der Waals surface area contributed by atoms with E-state index in [1.165, 1.54) is 0 Å². The second-order valence-electron chi connectivity index (χ2n) is 4.89. The van der Waals surface area contributed by atoms with Crippen LogP contribution in [0, 0.1) is 0 Å². The van der Waals surface area contributed by atoms with Gasteiger partial charge in [-0.25, -0.2) is 0 Å². The van der Waals surface area contributed by atoms with E-state index < -0.39 is 6.04 Å². The van der Waals surface area contributed by atoms with Crippen LogP contribution in [-0.4, -0.2) is 36.1 Å². The predicted octanol–water partition coefficient (Wildman–Crippen LogP) is 1.32. The summed E-state index contributed by atoms with van der Waals surface area (Å²) in [4.78, 5) is 14.1. The highest BCUT2D eigenvalue weighted by atomic mass is 16.5. The number of hydrogen-bond donors (Lipinski definition) is 1. The summed E-state index contributed by atoms with van der Waals surface area (Å²) >= 11 is 0. The molecule has 0 bridgehead atoms. The van der Waals surface area contributed by atoms with Crippen molar-refractivity contribution in [3.8, 4) is 0 Å². The zero-order valence-electron chi connectivity index (χ0n) is 10.9. The third kappa shape index (κ3) is 2.89. The van der Waals surface area contributed by atoms with Crippen LogP contribution >= 0.6 is 0 Å². The molecule has 3 unspecified atom stereocenters. The van der Waals surface area contributed by atoms with Crippen LogP contribution in [0.2, 0.25) is 0 Å². The molecule has 4 heteroatoms. The number of rotatable bonds is 2. The van der Waals surface area contributed by atoms with Crippen LogP contribution in [-0.2, 0) is 9.53 Å². The Morgan fingerprint density at radius 1 is 1.28 bits per heavy atom. The molecule has 0 saturated carbocycles. The van der Waals surface area contributed by atoms with E-state index in [4.69, 9.17) is 10.5 Å². The third-order valence-corrected chi connectivity index (χ3v) is 3.16. The summed E-state index contributed by atoms with van der Waals surface area (Å²) in [7, 11) is 0. The highest BCUT2D eigenvalue weighted by Crippen LogP contribution is 2.17. The van der Waals surface area contributed by atoms with Crippen molar-refractivity contribution in [3.05, 3.63) is 35.9 Å². The first-order chi connectivity index (χ1) is 8.58. The van der Waals surface area contributed by atoms with E-state index in [9.17, 15) is 4.79 Å². The van der Waals surface area contributed by atoms with Crippen LogP contribution in [0.4, 0.5) is 0 Å². The number of nitrogens with zero attached hydrogens (tertiary/aromatic N) is 1. The van der Waals surface area contributed by atoms with Crippen LogP contribution in [0.1, 0.15) is 25.5 Å². The number of carbonyl (C=O) groups excluding carboxylic acids is 1. The van der Waals surface area contributed by atoms with Gasteiger partial charge in [-0.2, -0.15) is 0 Å². The largest absolute Gasteiger partial charge is 0.372 e. The molecular weight excluding hydrogens is 228 g/mol. The van der Waals surface area contributed by atoms with Gasteiger partial charge in [-0.1, -0.05) is 30.3 Å². The highest BCUT2D eigenvalue weighted by Gasteiger charge is 2.29.